The highest BCUT2D eigenvalue weighted by molar-refractivity contribution is 8.13. The van der Waals surface area contributed by atoms with E-state index in [-0.39, 0.29) is 5.12 Å². The van der Waals surface area contributed by atoms with Crippen LogP contribution in [0.5, 0.6) is 5.75 Å². The summed E-state index contributed by atoms with van der Waals surface area (Å²) in [5.41, 5.74) is 1.91. The molecule has 0 spiro atoms. The fraction of sp³-hybridized carbons (Fsp3) is 0.308. The molecule has 0 saturated heterocycles. The van der Waals surface area contributed by atoms with Crippen LogP contribution in [0.4, 0.5) is 0 Å². The second-order valence-corrected chi connectivity index (χ2v) is 4.79. The number of hydrogen-bond donors (Lipinski definition) is 1. The lowest BCUT2D eigenvalue weighted by molar-refractivity contribution is -0.109. The summed E-state index contributed by atoms with van der Waals surface area (Å²) in [6.07, 6.45) is 4.87. The number of hydrogen-bond acceptors (Lipinski definition) is 3. The van der Waals surface area contributed by atoms with E-state index in [4.69, 9.17) is 0 Å². The van der Waals surface area contributed by atoms with E-state index < -0.39 is 0 Å². The molecule has 0 radical (unpaired) electrons. The summed E-state index contributed by atoms with van der Waals surface area (Å²) in [4.78, 5) is 10.7. The van der Waals surface area contributed by atoms with E-state index in [0.29, 0.717) is 5.75 Å². The average molecular weight is 236 g/mol. The quantitative estimate of drug-likeness (QED) is 0.814. The van der Waals surface area contributed by atoms with E-state index >= 15 is 0 Å². The second kappa shape index (κ2) is 6.38. The molecule has 3 heteroatoms. The Balaban J connectivity index is 2.50. The third-order valence-corrected chi connectivity index (χ3v) is 3.08. The van der Waals surface area contributed by atoms with Gasteiger partial charge in [0.15, 0.2) is 5.12 Å². The van der Waals surface area contributed by atoms with E-state index in [9.17, 15) is 9.90 Å². The highest BCUT2D eigenvalue weighted by atomic mass is 32.2. The first kappa shape index (κ1) is 12.8. The Morgan fingerprint density at radius 3 is 2.94 bits per heavy atom. The van der Waals surface area contributed by atoms with Crippen molar-refractivity contribution in [1.29, 1.82) is 0 Å². The molecule has 0 aromatic heterocycles. The van der Waals surface area contributed by atoms with Crippen LogP contribution in [0.2, 0.25) is 0 Å². The van der Waals surface area contributed by atoms with Crippen LogP contribution in [0.15, 0.2) is 24.3 Å². The summed E-state index contributed by atoms with van der Waals surface area (Å²) >= 11 is 1.33. The first-order valence-electron chi connectivity index (χ1n) is 5.19. The fourth-order valence-corrected chi connectivity index (χ4v) is 1.84. The molecule has 0 aliphatic rings. The molecule has 1 aromatic carbocycles. The molecule has 0 heterocycles. The van der Waals surface area contributed by atoms with Gasteiger partial charge in [0.25, 0.3) is 0 Å². The van der Waals surface area contributed by atoms with E-state index in [1.165, 1.54) is 11.8 Å². The van der Waals surface area contributed by atoms with Crippen molar-refractivity contribution in [3.8, 4) is 5.75 Å². The molecule has 0 bridgehead atoms. The SMILES string of the molecule is CC(=O)SCCC=Cc1cccc(O)c1C. The maximum Gasteiger partial charge on any atom is 0.185 e. The van der Waals surface area contributed by atoms with Gasteiger partial charge in [-0.25, -0.2) is 0 Å². The van der Waals surface area contributed by atoms with Crippen molar-refractivity contribution in [2.45, 2.75) is 20.3 Å². The molecule has 0 atom stereocenters. The van der Waals surface area contributed by atoms with Gasteiger partial charge in [-0.05, 0) is 30.5 Å². The van der Waals surface area contributed by atoms with Gasteiger partial charge in [0.2, 0.25) is 0 Å². The van der Waals surface area contributed by atoms with E-state index in [0.717, 1.165) is 23.3 Å². The Labute approximate surface area is 100 Å². The van der Waals surface area contributed by atoms with Crippen molar-refractivity contribution in [3.63, 3.8) is 0 Å². The number of rotatable bonds is 4. The Morgan fingerprint density at radius 2 is 2.25 bits per heavy atom. The molecular formula is C13H16O2S. The molecule has 2 nitrogen and oxygen atoms in total. The molecule has 1 aromatic rings. The highest BCUT2D eigenvalue weighted by Crippen LogP contribution is 2.20. The van der Waals surface area contributed by atoms with Gasteiger partial charge in [-0.2, -0.15) is 0 Å². The number of benzene rings is 1. The fourth-order valence-electron chi connectivity index (χ4n) is 1.30. The highest BCUT2D eigenvalue weighted by Gasteiger charge is 1.98. The minimum Gasteiger partial charge on any atom is -0.508 e. The first-order valence-corrected chi connectivity index (χ1v) is 6.18. The Hall–Kier alpha value is -1.22. The van der Waals surface area contributed by atoms with Gasteiger partial charge in [-0.1, -0.05) is 36.0 Å². The zero-order valence-electron chi connectivity index (χ0n) is 9.56. The number of allylic oxidation sites excluding steroid dienone is 1. The molecule has 0 aliphatic carbocycles. The summed E-state index contributed by atoms with van der Waals surface area (Å²) in [5.74, 6) is 1.13. The van der Waals surface area contributed by atoms with Crippen molar-refractivity contribution in [2.24, 2.45) is 0 Å². The van der Waals surface area contributed by atoms with Crippen molar-refractivity contribution < 1.29 is 9.90 Å². The van der Waals surface area contributed by atoms with E-state index in [2.05, 4.69) is 0 Å². The molecular weight excluding hydrogens is 220 g/mol. The number of carbonyl (C=O) groups is 1. The average Bonchev–Trinajstić information content (AvgIpc) is 2.23. The van der Waals surface area contributed by atoms with Crippen LogP contribution in [-0.4, -0.2) is 16.0 Å². The number of thioether (sulfide) groups is 1. The van der Waals surface area contributed by atoms with Gasteiger partial charge in [-0.3, -0.25) is 4.79 Å². The van der Waals surface area contributed by atoms with Gasteiger partial charge in [0.05, 0.1) is 0 Å². The van der Waals surface area contributed by atoms with E-state index in [1.807, 2.05) is 31.2 Å². The summed E-state index contributed by atoms with van der Waals surface area (Å²) in [5, 5.41) is 9.65. The molecule has 86 valence electrons. The van der Waals surface area contributed by atoms with Crippen LogP contribution in [0.1, 0.15) is 24.5 Å². The summed E-state index contributed by atoms with van der Waals surface area (Å²) in [7, 11) is 0. The molecule has 0 aliphatic heterocycles. The Kier molecular flexibility index (Phi) is 5.12. The van der Waals surface area contributed by atoms with Gasteiger partial charge in [0, 0.05) is 12.7 Å². The van der Waals surface area contributed by atoms with Crippen LogP contribution in [0.25, 0.3) is 6.08 Å². The van der Waals surface area contributed by atoms with Gasteiger partial charge in [-0.15, -0.1) is 0 Å². The molecule has 0 amide bonds. The second-order valence-electron chi connectivity index (χ2n) is 3.52. The molecule has 1 rings (SSSR count). The predicted molar refractivity (Wildman–Crippen MR) is 69.6 cm³/mol. The maximum atomic E-state index is 10.7. The molecule has 0 saturated carbocycles. The first-order chi connectivity index (χ1) is 7.61. The van der Waals surface area contributed by atoms with Crippen LogP contribution >= 0.6 is 11.8 Å². The number of phenols is 1. The van der Waals surface area contributed by atoms with Gasteiger partial charge >= 0.3 is 0 Å². The van der Waals surface area contributed by atoms with Crippen molar-refractivity contribution in [2.75, 3.05) is 5.75 Å². The van der Waals surface area contributed by atoms with Gasteiger partial charge in [0.1, 0.15) is 5.75 Å². The summed E-state index contributed by atoms with van der Waals surface area (Å²) in [6, 6.07) is 5.47. The Morgan fingerprint density at radius 1 is 1.50 bits per heavy atom. The topological polar surface area (TPSA) is 37.3 Å². The smallest absolute Gasteiger partial charge is 0.185 e. The minimum atomic E-state index is 0.155. The van der Waals surface area contributed by atoms with Crippen molar-refractivity contribution >= 4 is 23.0 Å². The summed E-state index contributed by atoms with van der Waals surface area (Å²) < 4.78 is 0. The lowest BCUT2D eigenvalue weighted by Gasteiger charge is -2.02. The largest absolute Gasteiger partial charge is 0.508 e. The predicted octanol–water partition coefficient (Wildman–Crippen LogP) is 3.38. The van der Waals surface area contributed by atoms with Gasteiger partial charge < -0.3 is 5.11 Å². The molecule has 16 heavy (non-hydrogen) atoms. The monoisotopic (exact) mass is 236 g/mol. The van der Waals surface area contributed by atoms with Crippen LogP contribution in [0.3, 0.4) is 0 Å². The normalized spacial score (nSPS) is 10.9. The number of phenolic OH excluding ortho intramolecular Hbond substituents is 1. The lowest BCUT2D eigenvalue weighted by Crippen LogP contribution is -1.84. The molecule has 0 unspecified atom stereocenters. The maximum absolute atomic E-state index is 10.7. The standard InChI is InChI=1S/C13H16O2S/c1-10-12(7-5-8-13(10)15)6-3-4-9-16-11(2)14/h3,5-8,15H,4,9H2,1-2H3. The molecule has 0 fully saturated rings. The zero-order chi connectivity index (χ0) is 12.0. The molecule has 1 N–H and O–H groups in total. The van der Waals surface area contributed by atoms with Crippen molar-refractivity contribution in [1.82, 2.24) is 0 Å². The Bertz CT molecular complexity index is 397. The van der Waals surface area contributed by atoms with Crippen LogP contribution < -0.4 is 0 Å². The third-order valence-electron chi connectivity index (χ3n) is 2.23. The van der Waals surface area contributed by atoms with Crippen LogP contribution in [0, 0.1) is 6.92 Å². The lowest BCUT2D eigenvalue weighted by atomic mass is 10.1. The third kappa shape index (κ3) is 4.11. The zero-order valence-corrected chi connectivity index (χ0v) is 10.4. The van der Waals surface area contributed by atoms with Crippen molar-refractivity contribution in [3.05, 3.63) is 35.4 Å². The summed E-state index contributed by atoms with van der Waals surface area (Å²) in [6.45, 7) is 3.47. The number of carbonyl (C=O) groups excluding carboxylic acids is 1. The van der Waals surface area contributed by atoms with E-state index in [1.54, 1.807) is 13.0 Å². The van der Waals surface area contributed by atoms with Crippen LogP contribution in [-0.2, 0) is 4.79 Å². The number of aromatic hydroxyl groups is 1. The minimum absolute atomic E-state index is 0.155.